The van der Waals surface area contributed by atoms with E-state index in [-0.39, 0.29) is 66.7 Å². The molecular weight excluding hydrogens is 585 g/mol. The van der Waals surface area contributed by atoms with Gasteiger partial charge in [0.05, 0.1) is 41.5 Å². The summed E-state index contributed by atoms with van der Waals surface area (Å²) in [4.78, 5) is 46.7. The first kappa shape index (κ1) is 28.2. The smallest absolute Gasteiger partial charge is 0.345 e. The number of imidazole rings is 1. The molecule has 1 fully saturated rings. The molecule has 1 saturated heterocycles. The SMILES string of the molecule is O=C1CC(=O)C(c2cnc3ccccn23)=C1c1cn2c3c(cc(C(F)(F)F)cc13)CN(C(=O)N1CCCCC(F)(F)C1)CC2. The lowest BCUT2D eigenvalue weighted by Gasteiger charge is -2.31. The second-order valence-corrected chi connectivity index (χ2v) is 11.5. The number of likely N-dealkylation sites (tertiary alicyclic amines) is 1. The van der Waals surface area contributed by atoms with E-state index in [9.17, 15) is 36.3 Å². The van der Waals surface area contributed by atoms with E-state index in [1.54, 1.807) is 39.6 Å². The van der Waals surface area contributed by atoms with Gasteiger partial charge in [0.15, 0.2) is 11.6 Å². The Morgan fingerprint density at radius 2 is 1.75 bits per heavy atom. The van der Waals surface area contributed by atoms with Crippen LogP contribution in [0.25, 0.3) is 27.7 Å². The van der Waals surface area contributed by atoms with Crippen molar-refractivity contribution in [3.8, 4) is 0 Å². The van der Waals surface area contributed by atoms with Crippen LogP contribution >= 0.6 is 0 Å². The first-order chi connectivity index (χ1) is 20.9. The van der Waals surface area contributed by atoms with E-state index >= 15 is 0 Å². The summed E-state index contributed by atoms with van der Waals surface area (Å²) in [5, 5.41) is 0.120. The first-order valence-corrected chi connectivity index (χ1v) is 14.3. The van der Waals surface area contributed by atoms with Gasteiger partial charge in [-0.2, -0.15) is 13.2 Å². The van der Waals surface area contributed by atoms with Crippen molar-refractivity contribution in [2.75, 3.05) is 19.6 Å². The number of rotatable bonds is 2. The van der Waals surface area contributed by atoms with Crippen molar-refractivity contribution in [1.82, 2.24) is 23.8 Å². The van der Waals surface area contributed by atoms with Crippen molar-refractivity contribution >= 4 is 45.3 Å². The van der Waals surface area contributed by atoms with E-state index < -0.39 is 48.2 Å². The fraction of sp³-hybridized carbons (Fsp3) is 0.355. The quantitative estimate of drug-likeness (QED) is 0.212. The summed E-state index contributed by atoms with van der Waals surface area (Å²) in [5.41, 5.74) is 0.769. The van der Waals surface area contributed by atoms with Crippen molar-refractivity contribution in [3.63, 3.8) is 0 Å². The molecule has 44 heavy (non-hydrogen) atoms. The van der Waals surface area contributed by atoms with Gasteiger partial charge in [0, 0.05) is 61.5 Å². The molecule has 3 aromatic heterocycles. The average molecular weight is 612 g/mol. The minimum atomic E-state index is -4.76. The number of hydrogen-bond acceptors (Lipinski definition) is 4. The zero-order chi connectivity index (χ0) is 31.0. The fourth-order valence-corrected chi connectivity index (χ4v) is 6.63. The highest BCUT2D eigenvalue weighted by molar-refractivity contribution is 6.51. The molecule has 3 aliphatic rings. The largest absolute Gasteiger partial charge is 0.416 e. The molecule has 5 heterocycles. The first-order valence-electron chi connectivity index (χ1n) is 14.3. The number of benzene rings is 1. The molecule has 1 aliphatic carbocycles. The van der Waals surface area contributed by atoms with E-state index in [1.165, 1.54) is 11.1 Å². The number of carbonyl (C=O) groups is 3. The van der Waals surface area contributed by atoms with E-state index in [0.717, 1.165) is 17.0 Å². The van der Waals surface area contributed by atoms with E-state index in [1.807, 2.05) is 0 Å². The fourth-order valence-electron chi connectivity index (χ4n) is 6.63. The van der Waals surface area contributed by atoms with Crippen LogP contribution in [0.1, 0.15) is 48.1 Å². The Bertz CT molecular complexity index is 1900. The number of pyridine rings is 1. The second-order valence-electron chi connectivity index (χ2n) is 11.5. The second kappa shape index (κ2) is 10.00. The maximum Gasteiger partial charge on any atom is 0.416 e. The zero-order valence-corrected chi connectivity index (χ0v) is 23.3. The molecule has 2 aliphatic heterocycles. The Balaban J connectivity index is 1.38. The molecule has 4 aromatic rings. The van der Waals surface area contributed by atoms with E-state index in [0.29, 0.717) is 23.3 Å². The molecule has 2 amide bonds. The summed E-state index contributed by atoms with van der Waals surface area (Å²) in [6.07, 6.45) is -0.128. The van der Waals surface area contributed by atoms with Crippen LogP contribution in [0.3, 0.4) is 0 Å². The van der Waals surface area contributed by atoms with Crippen LogP contribution < -0.4 is 0 Å². The molecule has 0 atom stereocenters. The number of urea groups is 1. The van der Waals surface area contributed by atoms with Gasteiger partial charge in [-0.3, -0.25) is 14.0 Å². The normalized spacial score (nSPS) is 19.3. The molecule has 0 unspecified atom stereocenters. The molecule has 228 valence electrons. The van der Waals surface area contributed by atoms with Crippen LogP contribution in [0.15, 0.2) is 48.9 Å². The maximum atomic E-state index is 14.3. The number of amides is 2. The lowest BCUT2D eigenvalue weighted by atomic mass is 9.96. The number of aromatic nitrogens is 3. The van der Waals surface area contributed by atoms with Gasteiger partial charge >= 0.3 is 12.2 Å². The summed E-state index contributed by atoms with van der Waals surface area (Å²) in [6.45, 7) is -0.656. The van der Waals surface area contributed by atoms with Gasteiger partial charge in [-0.15, -0.1) is 0 Å². The monoisotopic (exact) mass is 611 g/mol. The van der Waals surface area contributed by atoms with Crippen LogP contribution in [-0.4, -0.2) is 66.9 Å². The molecule has 0 N–H and O–H groups in total. The highest BCUT2D eigenvalue weighted by atomic mass is 19.4. The Hall–Kier alpha value is -4.55. The third-order valence-electron chi connectivity index (χ3n) is 8.61. The number of hydrogen-bond donors (Lipinski definition) is 0. The third kappa shape index (κ3) is 4.65. The Morgan fingerprint density at radius 3 is 2.55 bits per heavy atom. The van der Waals surface area contributed by atoms with Gasteiger partial charge in [0.25, 0.3) is 5.92 Å². The minimum absolute atomic E-state index is 0.0231. The molecule has 13 heteroatoms. The van der Waals surface area contributed by atoms with E-state index in [4.69, 9.17) is 0 Å². The number of halogens is 5. The van der Waals surface area contributed by atoms with Crippen molar-refractivity contribution < 1.29 is 36.3 Å². The minimum Gasteiger partial charge on any atom is -0.345 e. The lowest BCUT2D eigenvalue weighted by Crippen LogP contribution is -2.47. The van der Waals surface area contributed by atoms with Gasteiger partial charge in [0.2, 0.25) is 0 Å². The van der Waals surface area contributed by atoms with Crippen LogP contribution in [0.5, 0.6) is 0 Å². The molecule has 8 nitrogen and oxygen atoms in total. The number of ketones is 2. The number of Topliss-reactive ketones (excluding diaryl/α,β-unsaturated/α-hetero) is 2. The third-order valence-corrected chi connectivity index (χ3v) is 8.61. The summed E-state index contributed by atoms with van der Waals surface area (Å²) >= 11 is 0. The highest BCUT2D eigenvalue weighted by Gasteiger charge is 2.40. The molecule has 7 rings (SSSR count). The molecule has 0 spiro atoms. The zero-order valence-electron chi connectivity index (χ0n) is 23.3. The van der Waals surface area contributed by atoms with Crippen molar-refractivity contribution in [3.05, 3.63) is 71.3 Å². The molecule has 0 radical (unpaired) electrons. The number of allylic oxidation sites excluding steroid dienone is 2. The van der Waals surface area contributed by atoms with Gasteiger partial charge in [-0.1, -0.05) is 6.07 Å². The molecule has 1 aromatic carbocycles. The van der Waals surface area contributed by atoms with E-state index in [2.05, 4.69) is 4.98 Å². The summed E-state index contributed by atoms with van der Waals surface area (Å²) in [7, 11) is 0. The van der Waals surface area contributed by atoms with Crippen LogP contribution in [0.4, 0.5) is 26.7 Å². The number of nitrogens with zero attached hydrogens (tertiary/aromatic N) is 5. The number of carbonyl (C=O) groups excluding carboxylic acids is 3. The topological polar surface area (TPSA) is 79.9 Å². The molecule has 0 saturated carbocycles. The maximum absolute atomic E-state index is 14.3. The van der Waals surface area contributed by atoms with Crippen molar-refractivity contribution in [1.29, 1.82) is 0 Å². The van der Waals surface area contributed by atoms with Gasteiger partial charge in [-0.25, -0.2) is 18.6 Å². The lowest BCUT2D eigenvalue weighted by molar-refractivity contribution is -0.137. The van der Waals surface area contributed by atoms with Gasteiger partial charge < -0.3 is 14.4 Å². The summed E-state index contributed by atoms with van der Waals surface area (Å²) in [5.74, 6) is -4.01. The van der Waals surface area contributed by atoms with Crippen LogP contribution in [0, 0.1) is 0 Å². The van der Waals surface area contributed by atoms with Crippen LogP contribution in [-0.2, 0) is 28.9 Å². The Morgan fingerprint density at radius 1 is 0.955 bits per heavy atom. The summed E-state index contributed by atoms with van der Waals surface area (Å²) in [6, 6.07) is 6.50. The Labute approximate surface area is 247 Å². The van der Waals surface area contributed by atoms with Crippen molar-refractivity contribution in [2.24, 2.45) is 0 Å². The molecule has 0 bridgehead atoms. The van der Waals surface area contributed by atoms with Gasteiger partial charge in [-0.05, 0) is 42.7 Å². The number of fused-ring (bicyclic) bond motifs is 1. The predicted octanol–water partition coefficient (Wildman–Crippen LogP) is 5.82. The Kier molecular flexibility index (Phi) is 6.41. The number of alkyl halides is 5. The van der Waals surface area contributed by atoms with Gasteiger partial charge in [0.1, 0.15) is 5.65 Å². The van der Waals surface area contributed by atoms with Crippen molar-refractivity contribution in [2.45, 2.75) is 50.9 Å². The van der Waals surface area contributed by atoms with Crippen LogP contribution in [0.2, 0.25) is 0 Å². The highest BCUT2D eigenvalue weighted by Crippen LogP contribution is 2.43. The standard InChI is InChI=1S/C31H26F5N5O3/c32-30(33)6-2-4-7-40(17-30)29(44)39-10-9-38-16-21(20-12-19(31(34,35)36)11-18(15-39)28(20)38)26-23(42)13-24(43)27(26)22-14-37-25-5-1-3-8-41(22)25/h1,3,5,8,11-12,14,16H,2,4,6-7,9-10,13,15,17H2. The predicted molar refractivity (Wildman–Crippen MR) is 150 cm³/mol. The average Bonchev–Trinajstić information content (AvgIpc) is 3.54. The molecular formula is C31H26F5N5O3. The summed E-state index contributed by atoms with van der Waals surface area (Å²) < 4.78 is 74.7.